The molecule has 2 rings (SSSR count). The topological polar surface area (TPSA) is 62.2 Å². The fourth-order valence-corrected chi connectivity index (χ4v) is 4.22. The Hall–Kier alpha value is -1.63. The van der Waals surface area contributed by atoms with Gasteiger partial charge in [0.2, 0.25) is 5.91 Å². The number of benzene rings is 1. The van der Waals surface area contributed by atoms with Crippen LogP contribution in [-0.2, 0) is 9.53 Å². The molecule has 170 valence electrons. The van der Waals surface area contributed by atoms with Crippen LogP contribution in [0.2, 0.25) is 0 Å². The number of rotatable bonds is 10. The van der Waals surface area contributed by atoms with Crippen LogP contribution in [0, 0.1) is 13.8 Å². The number of hydrogen-bond acceptors (Lipinski definition) is 5. The normalized spacial score (nSPS) is 20.4. The highest BCUT2D eigenvalue weighted by Crippen LogP contribution is 2.23. The Morgan fingerprint density at radius 3 is 2.43 bits per heavy atom. The molecular formula is C24H40N2O4. The molecule has 1 atom stereocenters. The van der Waals surface area contributed by atoms with Gasteiger partial charge in [-0.05, 0) is 49.9 Å². The third kappa shape index (κ3) is 6.96. The van der Waals surface area contributed by atoms with Crippen LogP contribution in [0.4, 0.5) is 0 Å². The predicted octanol–water partition coefficient (Wildman–Crippen LogP) is 3.17. The van der Waals surface area contributed by atoms with Crippen LogP contribution in [0.3, 0.4) is 0 Å². The second-order valence-electron chi connectivity index (χ2n) is 8.71. The maximum atomic E-state index is 12.6. The number of aryl methyl sites for hydroxylation is 2. The molecule has 1 aliphatic heterocycles. The molecule has 0 bridgehead atoms. The van der Waals surface area contributed by atoms with E-state index in [1.165, 1.54) is 12.7 Å². The Bertz CT molecular complexity index is 675. The number of β-amino-alcohol motifs (C(OH)–C–C–N with tert-alkyl or cyclic N) is 1. The maximum absolute atomic E-state index is 12.6. The molecule has 0 radical (unpaired) electrons. The molecule has 0 aliphatic carbocycles. The van der Waals surface area contributed by atoms with Gasteiger partial charge < -0.3 is 19.5 Å². The van der Waals surface area contributed by atoms with Gasteiger partial charge in [-0.1, -0.05) is 32.8 Å². The summed E-state index contributed by atoms with van der Waals surface area (Å²) in [7, 11) is 1.52. The Morgan fingerprint density at radius 2 is 1.83 bits per heavy atom. The van der Waals surface area contributed by atoms with Crippen molar-refractivity contribution in [3.63, 3.8) is 0 Å². The van der Waals surface area contributed by atoms with Crippen molar-refractivity contribution < 1.29 is 19.4 Å². The highest BCUT2D eigenvalue weighted by molar-refractivity contribution is 5.77. The first-order chi connectivity index (χ1) is 14.3. The maximum Gasteiger partial charge on any atom is 0.248 e. The zero-order valence-corrected chi connectivity index (χ0v) is 19.4. The first kappa shape index (κ1) is 24.6. The number of nitrogens with zero attached hydrogens (tertiary/aromatic N) is 2. The molecule has 6 nitrogen and oxygen atoms in total. The minimum atomic E-state index is -1.14. The Labute approximate surface area is 182 Å². The van der Waals surface area contributed by atoms with Gasteiger partial charge in [-0.25, -0.2) is 0 Å². The van der Waals surface area contributed by atoms with Crippen LogP contribution in [-0.4, -0.2) is 79.0 Å². The van der Waals surface area contributed by atoms with Crippen molar-refractivity contribution in [3.05, 3.63) is 29.3 Å². The second kappa shape index (κ2) is 11.7. The summed E-state index contributed by atoms with van der Waals surface area (Å²) >= 11 is 0. The van der Waals surface area contributed by atoms with Crippen LogP contribution in [0.25, 0.3) is 0 Å². The third-order valence-corrected chi connectivity index (χ3v) is 6.01. The molecule has 6 heteroatoms. The summed E-state index contributed by atoms with van der Waals surface area (Å²) in [6.45, 7) is 10.8. The number of carbonyl (C=O) groups excluding carboxylic acids is 1. The minimum absolute atomic E-state index is 0.0292. The standard InChI is InChI=1S/C24H40N2O4/c1-6-8-21(9-7-2)25-12-13-26(23(27)15-29-5)17-24(28,16-25)18-30-22-11-10-19(3)20(4)14-22/h10-11,14,21,28H,6-9,12-13,15-18H2,1-5H3. The van der Waals surface area contributed by atoms with E-state index in [4.69, 9.17) is 9.47 Å². The van der Waals surface area contributed by atoms with E-state index >= 15 is 0 Å². The highest BCUT2D eigenvalue weighted by Gasteiger charge is 2.39. The molecule has 0 saturated carbocycles. The van der Waals surface area contributed by atoms with Gasteiger partial charge in [-0.3, -0.25) is 9.69 Å². The third-order valence-electron chi connectivity index (χ3n) is 6.01. The molecule has 1 saturated heterocycles. The number of amides is 1. The van der Waals surface area contributed by atoms with Gasteiger partial charge in [-0.2, -0.15) is 0 Å². The lowest BCUT2D eigenvalue weighted by Crippen LogP contribution is -2.53. The Morgan fingerprint density at radius 1 is 1.13 bits per heavy atom. The van der Waals surface area contributed by atoms with E-state index < -0.39 is 5.60 Å². The van der Waals surface area contributed by atoms with Gasteiger partial charge in [-0.15, -0.1) is 0 Å². The fraction of sp³-hybridized carbons (Fsp3) is 0.708. The number of aliphatic hydroxyl groups is 1. The number of ether oxygens (including phenoxy) is 2. The first-order valence-corrected chi connectivity index (χ1v) is 11.2. The van der Waals surface area contributed by atoms with Crippen LogP contribution in [0.5, 0.6) is 5.75 Å². The number of carbonyl (C=O) groups is 1. The monoisotopic (exact) mass is 420 g/mol. The van der Waals surface area contributed by atoms with Crippen molar-refractivity contribution >= 4 is 5.91 Å². The van der Waals surface area contributed by atoms with Gasteiger partial charge in [0.05, 0.1) is 6.54 Å². The van der Waals surface area contributed by atoms with Gasteiger partial charge in [0.1, 0.15) is 24.6 Å². The van der Waals surface area contributed by atoms with E-state index in [9.17, 15) is 9.90 Å². The van der Waals surface area contributed by atoms with Gasteiger partial charge in [0.25, 0.3) is 0 Å². The van der Waals surface area contributed by atoms with E-state index in [1.807, 2.05) is 18.2 Å². The summed E-state index contributed by atoms with van der Waals surface area (Å²) < 4.78 is 11.1. The fourth-order valence-electron chi connectivity index (χ4n) is 4.22. The Kier molecular flexibility index (Phi) is 9.59. The smallest absolute Gasteiger partial charge is 0.248 e. The van der Waals surface area contributed by atoms with Crippen LogP contribution in [0.1, 0.15) is 50.7 Å². The average Bonchev–Trinajstić information content (AvgIpc) is 2.89. The van der Waals surface area contributed by atoms with Crippen molar-refractivity contribution in [3.8, 4) is 5.75 Å². The molecule has 1 fully saturated rings. The largest absolute Gasteiger partial charge is 0.490 e. The van der Waals surface area contributed by atoms with Gasteiger partial charge >= 0.3 is 0 Å². The number of methoxy groups -OCH3 is 1. The van der Waals surface area contributed by atoms with E-state index in [0.717, 1.165) is 43.5 Å². The van der Waals surface area contributed by atoms with Crippen molar-refractivity contribution in [1.29, 1.82) is 0 Å². The molecule has 30 heavy (non-hydrogen) atoms. The molecule has 1 N–H and O–H groups in total. The zero-order valence-electron chi connectivity index (χ0n) is 19.4. The molecule has 1 unspecified atom stereocenters. The zero-order chi connectivity index (χ0) is 22.1. The summed E-state index contributed by atoms with van der Waals surface area (Å²) in [5.41, 5.74) is 1.23. The average molecular weight is 421 g/mol. The summed E-state index contributed by atoms with van der Waals surface area (Å²) in [6, 6.07) is 6.37. The van der Waals surface area contributed by atoms with Crippen molar-refractivity contribution in [2.75, 3.05) is 46.5 Å². The van der Waals surface area contributed by atoms with E-state index in [2.05, 4.69) is 32.6 Å². The summed E-state index contributed by atoms with van der Waals surface area (Å²) in [4.78, 5) is 16.6. The molecule has 1 aromatic rings. The lowest BCUT2D eigenvalue weighted by Gasteiger charge is -2.36. The van der Waals surface area contributed by atoms with Crippen molar-refractivity contribution in [2.24, 2.45) is 0 Å². The molecule has 1 amide bonds. The molecule has 0 spiro atoms. The lowest BCUT2D eigenvalue weighted by molar-refractivity contribution is -0.138. The van der Waals surface area contributed by atoms with E-state index in [1.54, 1.807) is 4.90 Å². The second-order valence-corrected chi connectivity index (χ2v) is 8.71. The highest BCUT2D eigenvalue weighted by atomic mass is 16.5. The van der Waals surface area contributed by atoms with E-state index in [-0.39, 0.29) is 25.7 Å². The van der Waals surface area contributed by atoms with Crippen molar-refractivity contribution in [2.45, 2.75) is 65.0 Å². The molecule has 1 aromatic carbocycles. The minimum Gasteiger partial charge on any atom is -0.490 e. The summed E-state index contributed by atoms with van der Waals surface area (Å²) in [6.07, 6.45) is 4.39. The van der Waals surface area contributed by atoms with Crippen molar-refractivity contribution in [1.82, 2.24) is 9.80 Å². The lowest BCUT2D eigenvalue weighted by atomic mass is 10.00. The van der Waals surface area contributed by atoms with E-state index in [0.29, 0.717) is 19.1 Å². The SMILES string of the molecule is CCCC(CCC)N1CCN(C(=O)COC)CC(O)(COc2ccc(C)c(C)c2)C1. The Balaban J connectivity index is 2.20. The van der Waals surface area contributed by atoms with Crippen LogP contribution in [0.15, 0.2) is 18.2 Å². The molecular weight excluding hydrogens is 380 g/mol. The molecule has 0 aromatic heterocycles. The quantitative estimate of drug-likeness (QED) is 0.630. The predicted molar refractivity (Wildman–Crippen MR) is 120 cm³/mol. The summed E-state index contributed by atoms with van der Waals surface area (Å²) in [5, 5.41) is 11.6. The summed E-state index contributed by atoms with van der Waals surface area (Å²) in [5.74, 6) is 0.655. The van der Waals surface area contributed by atoms with Gasteiger partial charge in [0, 0.05) is 32.8 Å². The van der Waals surface area contributed by atoms with Crippen LogP contribution >= 0.6 is 0 Å². The number of hydrogen-bond donors (Lipinski definition) is 1. The van der Waals surface area contributed by atoms with Crippen LogP contribution < -0.4 is 4.74 Å². The van der Waals surface area contributed by atoms with Gasteiger partial charge in [0.15, 0.2) is 0 Å². The molecule has 1 heterocycles. The first-order valence-electron chi connectivity index (χ1n) is 11.2. The molecule has 1 aliphatic rings.